The molecular weight excluding hydrogens is 484 g/mol. The number of nitrogens with one attached hydrogen (secondary N) is 1. The highest BCUT2D eigenvalue weighted by Gasteiger charge is 2.11. The Morgan fingerprint density at radius 3 is 2.30 bits per heavy atom. The molecule has 3 aromatic rings. The summed E-state index contributed by atoms with van der Waals surface area (Å²) in [7, 11) is 0. The van der Waals surface area contributed by atoms with Crippen molar-refractivity contribution in [1.82, 2.24) is 5.43 Å². The minimum absolute atomic E-state index is 0.340. The zero-order valence-electron chi connectivity index (χ0n) is 18.9. The number of aryl methyl sites for hydroxylation is 1. The molecule has 0 unspecified atom stereocenters. The van der Waals surface area contributed by atoms with Crippen LogP contribution in [0.25, 0.3) is 0 Å². The van der Waals surface area contributed by atoms with Gasteiger partial charge < -0.3 is 14.2 Å². The van der Waals surface area contributed by atoms with Crippen molar-refractivity contribution in [3.05, 3.63) is 87.4 Å². The van der Waals surface area contributed by atoms with Crippen LogP contribution in [0.5, 0.6) is 17.2 Å². The van der Waals surface area contributed by atoms with E-state index in [4.69, 9.17) is 14.2 Å². The average Bonchev–Trinajstić information content (AvgIpc) is 2.81. The van der Waals surface area contributed by atoms with Gasteiger partial charge in [-0.3, -0.25) is 4.79 Å². The van der Waals surface area contributed by atoms with Gasteiger partial charge in [0.1, 0.15) is 12.4 Å². The van der Waals surface area contributed by atoms with Crippen molar-refractivity contribution >= 4 is 28.1 Å². The Bertz CT molecular complexity index is 1110. The molecule has 6 nitrogen and oxygen atoms in total. The van der Waals surface area contributed by atoms with Crippen molar-refractivity contribution < 1.29 is 19.0 Å². The quantitative estimate of drug-likeness (QED) is 0.272. The molecule has 0 bridgehead atoms. The second-order valence-corrected chi connectivity index (χ2v) is 8.05. The lowest BCUT2D eigenvalue weighted by Gasteiger charge is -2.11. The lowest BCUT2D eigenvalue weighted by molar-refractivity contribution is 0.0954. The maximum Gasteiger partial charge on any atom is 0.271 e. The van der Waals surface area contributed by atoms with E-state index in [0.717, 1.165) is 21.3 Å². The third-order valence-corrected chi connectivity index (χ3v) is 5.28. The van der Waals surface area contributed by atoms with Crippen LogP contribution in [0, 0.1) is 6.92 Å². The molecule has 0 aromatic heterocycles. The van der Waals surface area contributed by atoms with Crippen molar-refractivity contribution in [1.29, 1.82) is 0 Å². The topological polar surface area (TPSA) is 69.2 Å². The van der Waals surface area contributed by atoms with Crippen LogP contribution in [-0.4, -0.2) is 25.3 Å². The van der Waals surface area contributed by atoms with Crippen LogP contribution in [0.4, 0.5) is 0 Å². The first-order valence-corrected chi connectivity index (χ1v) is 11.5. The number of amides is 1. The van der Waals surface area contributed by atoms with Crippen LogP contribution in [0.15, 0.2) is 70.2 Å². The highest BCUT2D eigenvalue weighted by atomic mass is 79.9. The first kappa shape index (κ1) is 24.3. The molecule has 0 saturated heterocycles. The summed E-state index contributed by atoms with van der Waals surface area (Å²) in [6.45, 7) is 7.30. The molecule has 0 saturated carbocycles. The van der Waals surface area contributed by atoms with E-state index in [1.54, 1.807) is 24.4 Å². The minimum atomic E-state index is -0.340. The van der Waals surface area contributed by atoms with Gasteiger partial charge in [-0.05, 0) is 84.2 Å². The SMILES string of the molecule is CCOc1ccc(C(=O)N/N=C/c2ccc(OCc3ccc(C)cc3)c(Br)c2)cc1OCC. The molecule has 0 atom stereocenters. The van der Waals surface area contributed by atoms with Crippen molar-refractivity contribution in [2.24, 2.45) is 5.10 Å². The van der Waals surface area contributed by atoms with E-state index in [1.807, 2.05) is 32.0 Å². The summed E-state index contributed by atoms with van der Waals surface area (Å²) in [5, 5.41) is 4.07. The Morgan fingerprint density at radius 2 is 1.61 bits per heavy atom. The van der Waals surface area contributed by atoms with Gasteiger partial charge in [-0.25, -0.2) is 5.43 Å². The highest BCUT2D eigenvalue weighted by molar-refractivity contribution is 9.10. The van der Waals surface area contributed by atoms with Crippen LogP contribution in [0.2, 0.25) is 0 Å². The predicted octanol–water partition coefficient (Wildman–Crippen LogP) is 5.90. The minimum Gasteiger partial charge on any atom is -0.490 e. The molecule has 0 fully saturated rings. The van der Waals surface area contributed by atoms with Gasteiger partial charge in [-0.2, -0.15) is 5.10 Å². The largest absolute Gasteiger partial charge is 0.490 e. The third-order valence-electron chi connectivity index (χ3n) is 4.66. The van der Waals surface area contributed by atoms with Crippen LogP contribution in [-0.2, 0) is 6.61 Å². The number of benzene rings is 3. The van der Waals surface area contributed by atoms with Gasteiger partial charge >= 0.3 is 0 Å². The van der Waals surface area contributed by atoms with E-state index in [2.05, 4.69) is 57.6 Å². The number of carbonyl (C=O) groups excluding carboxylic acids is 1. The van der Waals surface area contributed by atoms with Gasteiger partial charge in [0.15, 0.2) is 11.5 Å². The maximum atomic E-state index is 12.5. The molecule has 1 N–H and O–H groups in total. The van der Waals surface area contributed by atoms with E-state index in [1.165, 1.54) is 5.56 Å². The zero-order valence-corrected chi connectivity index (χ0v) is 20.5. The molecule has 7 heteroatoms. The number of halogens is 1. The zero-order chi connectivity index (χ0) is 23.6. The standard InChI is InChI=1S/C26H27BrN2O4/c1-4-31-24-13-11-21(15-25(24)32-5-2)26(30)29-28-16-20-10-12-23(22(27)14-20)33-17-19-8-6-18(3)7-9-19/h6-16H,4-5,17H2,1-3H3,(H,29,30)/b28-16+. The molecule has 0 spiro atoms. The predicted molar refractivity (Wildman–Crippen MR) is 133 cm³/mol. The summed E-state index contributed by atoms with van der Waals surface area (Å²) in [5.41, 5.74) is 6.10. The molecular formula is C26H27BrN2O4. The van der Waals surface area contributed by atoms with Gasteiger partial charge in [0.05, 0.1) is 23.9 Å². The van der Waals surface area contributed by atoms with Gasteiger partial charge in [0.2, 0.25) is 0 Å². The van der Waals surface area contributed by atoms with Crippen LogP contribution < -0.4 is 19.6 Å². The van der Waals surface area contributed by atoms with Crippen LogP contribution >= 0.6 is 15.9 Å². The molecule has 1 amide bonds. The van der Waals surface area contributed by atoms with Crippen molar-refractivity contribution in [3.8, 4) is 17.2 Å². The fourth-order valence-corrected chi connectivity index (χ4v) is 3.49. The summed E-state index contributed by atoms with van der Waals surface area (Å²) < 4.78 is 17.8. The van der Waals surface area contributed by atoms with Crippen LogP contribution in [0.3, 0.4) is 0 Å². The monoisotopic (exact) mass is 510 g/mol. The summed E-state index contributed by atoms with van der Waals surface area (Å²) in [5.74, 6) is 1.53. The second-order valence-electron chi connectivity index (χ2n) is 7.19. The van der Waals surface area contributed by atoms with Crippen molar-refractivity contribution in [2.45, 2.75) is 27.4 Å². The number of hydrogen-bond donors (Lipinski definition) is 1. The van der Waals surface area contributed by atoms with Crippen molar-refractivity contribution in [2.75, 3.05) is 13.2 Å². The molecule has 0 aliphatic carbocycles. The normalized spacial score (nSPS) is 10.8. The Hall–Kier alpha value is -3.32. The van der Waals surface area contributed by atoms with E-state index in [0.29, 0.717) is 36.9 Å². The van der Waals surface area contributed by atoms with Gasteiger partial charge in [-0.15, -0.1) is 0 Å². The molecule has 172 valence electrons. The lowest BCUT2D eigenvalue weighted by atomic mass is 10.2. The number of ether oxygens (including phenoxy) is 3. The Morgan fingerprint density at radius 1 is 0.909 bits per heavy atom. The Kier molecular flexibility index (Phi) is 8.89. The number of rotatable bonds is 10. The van der Waals surface area contributed by atoms with Crippen LogP contribution in [0.1, 0.15) is 40.9 Å². The molecule has 3 aromatic carbocycles. The third kappa shape index (κ3) is 7.08. The Labute approximate surface area is 202 Å². The Balaban J connectivity index is 1.59. The average molecular weight is 511 g/mol. The number of nitrogens with zero attached hydrogens (tertiary/aromatic N) is 1. The van der Waals surface area contributed by atoms with Crippen molar-refractivity contribution in [3.63, 3.8) is 0 Å². The lowest BCUT2D eigenvalue weighted by Crippen LogP contribution is -2.17. The highest BCUT2D eigenvalue weighted by Crippen LogP contribution is 2.29. The van der Waals surface area contributed by atoms with Gasteiger partial charge in [0, 0.05) is 5.56 Å². The van der Waals surface area contributed by atoms with E-state index in [-0.39, 0.29) is 5.91 Å². The summed E-state index contributed by atoms with van der Waals surface area (Å²) in [6, 6.07) is 18.9. The number of hydrazone groups is 1. The molecule has 0 heterocycles. The van der Waals surface area contributed by atoms with Gasteiger partial charge in [0.25, 0.3) is 5.91 Å². The molecule has 0 aliphatic heterocycles. The number of hydrogen-bond acceptors (Lipinski definition) is 5. The van der Waals surface area contributed by atoms with E-state index < -0.39 is 0 Å². The summed E-state index contributed by atoms with van der Waals surface area (Å²) in [6.07, 6.45) is 1.57. The summed E-state index contributed by atoms with van der Waals surface area (Å²) in [4.78, 5) is 12.5. The molecule has 3 rings (SSSR count). The first-order chi connectivity index (χ1) is 16.0. The second kappa shape index (κ2) is 12.1. The molecule has 0 aliphatic rings. The van der Waals surface area contributed by atoms with E-state index in [9.17, 15) is 4.79 Å². The molecule has 0 radical (unpaired) electrons. The first-order valence-electron chi connectivity index (χ1n) is 10.7. The fraction of sp³-hybridized carbons (Fsp3) is 0.231. The van der Waals surface area contributed by atoms with Gasteiger partial charge in [-0.1, -0.05) is 29.8 Å². The number of carbonyl (C=O) groups is 1. The summed E-state index contributed by atoms with van der Waals surface area (Å²) >= 11 is 3.53. The smallest absolute Gasteiger partial charge is 0.271 e. The fourth-order valence-electron chi connectivity index (χ4n) is 2.98. The molecule has 33 heavy (non-hydrogen) atoms. The maximum absolute atomic E-state index is 12.5. The van der Waals surface area contributed by atoms with E-state index >= 15 is 0 Å².